The summed E-state index contributed by atoms with van der Waals surface area (Å²) in [7, 11) is 1.65. The van der Waals surface area contributed by atoms with Crippen molar-refractivity contribution in [3.63, 3.8) is 0 Å². The van der Waals surface area contributed by atoms with E-state index >= 15 is 0 Å². The predicted octanol–water partition coefficient (Wildman–Crippen LogP) is 1.56. The summed E-state index contributed by atoms with van der Waals surface area (Å²) in [6.07, 6.45) is 1.67. The molecule has 0 fully saturated rings. The maximum atomic E-state index is 10.7. The molecule has 0 spiro atoms. The van der Waals surface area contributed by atoms with Crippen LogP contribution in [0.4, 0.5) is 5.69 Å². The van der Waals surface area contributed by atoms with Gasteiger partial charge in [0.15, 0.2) is 0 Å². The summed E-state index contributed by atoms with van der Waals surface area (Å²) in [5, 5.41) is 12.5. The highest BCUT2D eigenvalue weighted by atomic mass is 16.7. The van der Waals surface area contributed by atoms with Crippen molar-refractivity contribution in [2.45, 2.75) is 12.8 Å². The van der Waals surface area contributed by atoms with Gasteiger partial charge in [-0.15, -0.1) is 0 Å². The van der Waals surface area contributed by atoms with E-state index in [1.807, 2.05) is 11.1 Å². The zero-order valence-electron chi connectivity index (χ0n) is 9.18. The van der Waals surface area contributed by atoms with Gasteiger partial charge in [-0.25, -0.2) is 0 Å². The number of fused-ring (bicyclic) bond motifs is 1. The van der Waals surface area contributed by atoms with Crippen LogP contribution in [0.1, 0.15) is 11.1 Å². The molecule has 0 saturated carbocycles. The molecule has 1 aliphatic heterocycles. The van der Waals surface area contributed by atoms with Gasteiger partial charge in [-0.2, -0.15) is 5.06 Å². The van der Waals surface area contributed by atoms with E-state index in [2.05, 4.69) is 0 Å². The van der Waals surface area contributed by atoms with Crippen LogP contribution >= 0.6 is 0 Å². The average Bonchev–Trinajstić information content (AvgIpc) is 2.50. The number of rotatable bonds is 2. The van der Waals surface area contributed by atoms with E-state index < -0.39 is 0 Å². The molecule has 0 unspecified atom stereocenters. The first-order chi connectivity index (χ1) is 7.70. The standard InChI is InChI=1S/C11H14N2O3/c1-16-12-6-4-9-2-3-11(13(14)15)8-10(9)5-7-12/h2-3,8H,4-7H2,1H3. The lowest BCUT2D eigenvalue weighted by Crippen LogP contribution is -2.24. The summed E-state index contributed by atoms with van der Waals surface area (Å²) >= 11 is 0. The van der Waals surface area contributed by atoms with Gasteiger partial charge in [-0.1, -0.05) is 6.07 Å². The molecule has 0 atom stereocenters. The van der Waals surface area contributed by atoms with E-state index in [9.17, 15) is 10.1 Å². The molecule has 0 aliphatic carbocycles. The normalized spacial score (nSPS) is 16.6. The maximum Gasteiger partial charge on any atom is 0.269 e. The second-order valence-electron chi connectivity index (χ2n) is 3.82. The number of non-ortho nitro benzene ring substituents is 1. The summed E-state index contributed by atoms with van der Waals surface area (Å²) < 4.78 is 0. The highest BCUT2D eigenvalue weighted by molar-refractivity contribution is 5.40. The van der Waals surface area contributed by atoms with Crippen LogP contribution in [0.15, 0.2) is 18.2 Å². The molecule has 16 heavy (non-hydrogen) atoms. The first kappa shape index (κ1) is 11.0. The molecule has 1 heterocycles. The predicted molar refractivity (Wildman–Crippen MR) is 59.1 cm³/mol. The molecule has 2 rings (SSSR count). The molecule has 0 amide bonds. The van der Waals surface area contributed by atoms with Crippen molar-refractivity contribution in [2.24, 2.45) is 0 Å². The summed E-state index contributed by atoms with van der Waals surface area (Å²) in [5.74, 6) is 0. The Labute approximate surface area is 93.7 Å². The molecule has 5 nitrogen and oxygen atoms in total. The Morgan fingerprint density at radius 2 is 2.00 bits per heavy atom. The Morgan fingerprint density at radius 3 is 2.62 bits per heavy atom. The smallest absolute Gasteiger partial charge is 0.269 e. The fourth-order valence-electron chi connectivity index (χ4n) is 1.99. The molecule has 86 valence electrons. The number of nitro benzene ring substituents is 1. The van der Waals surface area contributed by atoms with E-state index in [1.165, 1.54) is 5.56 Å². The van der Waals surface area contributed by atoms with Crippen molar-refractivity contribution in [3.8, 4) is 0 Å². The number of hydrogen-bond donors (Lipinski definition) is 0. The third-order valence-electron chi connectivity index (χ3n) is 2.92. The van der Waals surface area contributed by atoms with Crippen LogP contribution in [0, 0.1) is 10.1 Å². The van der Waals surface area contributed by atoms with Gasteiger partial charge in [0.1, 0.15) is 0 Å². The first-order valence-corrected chi connectivity index (χ1v) is 5.26. The van der Waals surface area contributed by atoms with E-state index in [4.69, 9.17) is 4.84 Å². The Kier molecular flexibility index (Phi) is 3.17. The molecule has 1 aliphatic rings. The summed E-state index contributed by atoms with van der Waals surface area (Å²) in [5.41, 5.74) is 2.42. The number of hydrogen-bond acceptors (Lipinski definition) is 4. The Bertz CT molecular complexity index is 406. The molecule has 1 aromatic rings. The summed E-state index contributed by atoms with van der Waals surface area (Å²) in [4.78, 5) is 15.5. The lowest BCUT2D eigenvalue weighted by Gasteiger charge is -2.15. The minimum absolute atomic E-state index is 0.171. The summed E-state index contributed by atoms with van der Waals surface area (Å²) in [6, 6.07) is 5.10. The van der Waals surface area contributed by atoms with E-state index in [1.54, 1.807) is 19.2 Å². The SMILES string of the molecule is CON1CCc2ccc([N+](=O)[O-])cc2CC1. The fraction of sp³-hybridized carbons (Fsp3) is 0.455. The van der Waals surface area contributed by atoms with Gasteiger partial charge < -0.3 is 4.84 Å². The van der Waals surface area contributed by atoms with Crippen molar-refractivity contribution in [3.05, 3.63) is 39.4 Å². The number of benzene rings is 1. The van der Waals surface area contributed by atoms with Crippen LogP contribution < -0.4 is 0 Å². The summed E-state index contributed by atoms with van der Waals surface area (Å²) in [6.45, 7) is 1.62. The molecule has 1 aromatic carbocycles. The highest BCUT2D eigenvalue weighted by Gasteiger charge is 2.16. The minimum atomic E-state index is -0.348. The molecule has 0 saturated heterocycles. The third-order valence-corrected chi connectivity index (χ3v) is 2.92. The van der Waals surface area contributed by atoms with Crippen molar-refractivity contribution < 1.29 is 9.76 Å². The molecule has 0 bridgehead atoms. The third kappa shape index (κ3) is 2.20. The van der Waals surface area contributed by atoms with Gasteiger partial charge in [0.25, 0.3) is 5.69 Å². The van der Waals surface area contributed by atoms with Crippen molar-refractivity contribution in [1.82, 2.24) is 5.06 Å². The Balaban J connectivity index is 2.25. The van der Waals surface area contributed by atoms with Gasteiger partial charge >= 0.3 is 0 Å². The van der Waals surface area contributed by atoms with E-state index in [0.717, 1.165) is 31.5 Å². The van der Waals surface area contributed by atoms with Crippen molar-refractivity contribution in [2.75, 3.05) is 20.2 Å². The fourth-order valence-corrected chi connectivity index (χ4v) is 1.99. The number of hydroxylamine groups is 2. The highest BCUT2D eigenvalue weighted by Crippen LogP contribution is 2.21. The van der Waals surface area contributed by atoms with Crippen LogP contribution in [0.2, 0.25) is 0 Å². The first-order valence-electron chi connectivity index (χ1n) is 5.26. The van der Waals surface area contributed by atoms with E-state index in [-0.39, 0.29) is 10.6 Å². The largest absolute Gasteiger partial charge is 0.302 e. The number of nitrogens with zero attached hydrogens (tertiary/aromatic N) is 2. The molecular formula is C11H14N2O3. The zero-order valence-corrected chi connectivity index (χ0v) is 9.18. The maximum absolute atomic E-state index is 10.7. The van der Waals surface area contributed by atoms with Crippen LogP contribution in [-0.4, -0.2) is 30.2 Å². The quantitative estimate of drug-likeness (QED) is 0.563. The lowest BCUT2D eigenvalue weighted by atomic mass is 10.0. The Morgan fingerprint density at radius 1 is 1.31 bits per heavy atom. The van der Waals surface area contributed by atoms with Gasteiger partial charge in [-0.3, -0.25) is 10.1 Å². The van der Waals surface area contributed by atoms with Crippen LogP contribution in [0.5, 0.6) is 0 Å². The minimum Gasteiger partial charge on any atom is -0.302 e. The van der Waals surface area contributed by atoms with Gasteiger partial charge in [0, 0.05) is 25.2 Å². The van der Waals surface area contributed by atoms with Crippen LogP contribution in [-0.2, 0) is 17.7 Å². The van der Waals surface area contributed by atoms with Crippen LogP contribution in [0.3, 0.4) is 0 Å². The molecule has 5 heteroatoms. The average molecular weight is 222 g/mol. The van der Waals surface area contributed by atoms with Gasteiger partial charge in [-0.05, 0) is 24.0 Å². The van der Waals surface area contributed by atoms with Crippen molar-refractivity contribution in [1.29, 1.82) is 0 Å². The molecule has 0 N–H and O–H groups in total. The molecule has 0 radical (unpaired) electrons. The lowest BCUT2D eigenvalue weighted by molar-refractivity contribution is -0.384. The van der Waals surface area contributed by atoms with Crippen molar-refractivity contribution >= 4 is 5.69 Å². The van der Waals surface area contributed by atoms with Gasteiger partial charge in [0.2, 0.25) is 0 Å². The second kappa shape index (κ2) is 4.59. The van der Waals surface area contributed by atoms with Crippen LogP contribution in [0.25, 0.3) is 0 Å². The topological polar surface area (TPSA) is 55.6 Å². The number of nitro groups is 1. The zero-order chi connectivity index (χ0) is 11.5. The monoisotopic (exact) mass is 222 g/mol. The van der Waals surface area contributed by atoms with Gasteiger partial charge in [0.05, 0.1) is 12.0 Å². The molecular weight excluding hydrogens is 208 g/mol. The second-order valence-corrected chi connectivity index (χ2v) is 3.82. The molecule has 0 aromatic heterocycles. The van der Waals surface area contributed by atoms with E-state index in [0.29, 0.717) is 0 Å². The Hall–Kier alpha value is -1.46.